The molecule has 0 radical (unpaired) electrons. The minimum atomic E-state index is -3.50. The van der Waals surface area contributed by atoms with Crippen LogP contribution in [0, 0.1) is 5.41 Å². The summed E-state index contributed by atoms with van der Waals surface area (Å²) in [6.07, 6.45) is 8.42. The zero-order valence-electron chi connectivity index (χ0n) is 12.4. The highest BCUT2D eigenvalue weighted by atomic mass is 32.2. The molecule has 0 bridgehead atoms. The molecule has 1 aromatic heterocycles. The van der Waals surface area contributed by atoms with E-state index < -0.39 is 10.0 Å². The SMILES string of the molecule is NCc1ccc(S(=O)(=O)N2CCC3(CCCCC3)CC2)o1. The molecule has 0 atom stereocenters. The van der Waals surface area contributed by atoms with Crippen molar-refractivity contribution in [3.05, 3.63) is 17.9 Å². The average molecular weight is 312 g/mol. The van der Waals surface area contributed by atoms with Gasteiger partial charge in [0.25, 0.3) is 10.0 Å². The van der Waals surface area contributed by atoms with Crippen molar-refractivity contribution in [3.63, 3.8) is 0 Å². The first-order valence-electron chi connectivity index (χ1n) is 7.85. The van der Waals surface area contributed by atoms with Crippen LogP contribution in [0.15, 0.2) is 21.6 Å². The van der Waals surface area contributed by atoms with Crippen LogP contribution in [0.4, 0.5) is 0 Å². The smallest absolute Gasteiger partial charge is 0.276 e. The van der Waals surface area contributed by atoms with Gasteiger partial charge in [0.05, 0.1) is 6.54 Å². The Morgan fingerprint density at radius 3 is 2.33 bits per heavy atom. The van der Waals surface area contributed by atoms with E-state index in [4.69, 9.17) is 10.2 Å². The fourth-order valence-corrected chi connectivity index (χ4v) is 5.11. The van der Waals surface area contributed by atoms with Crippen LogP contribution in [0.2, 0.25) is 0 Å². The summed E-state index contributed by atoms with van der Waals surface area (Å²) in [7, 11) is -3.50. The molecule has 1 saturated carbocycles. The van der Waals surface area contributed by atoms with Crippen molar-refractivity contribution in [2.75, 3.05) is 13.1 Å². The van der Waals surface area contributed by atoms with E-state index in [1.54, 1.807) is 10.4 Å². The maximum atomic E-state index is 12.6. The summed E-state index contributed by atoms with van der Waals surface area (Å²) in [4.78, 5) is 0. The van der Waals surface area contributed by atoms with Gasteiger partial charge in [-0.3, -0.25) is 0 Å². The quantitative estimate of drug-likeness (QED) is 0.930. The van der Waals surface area contributed by atoms with Crippen molar-refractivity contribution in [1.29, 1.82) is 0 Å². The van der Waals surface area contributed by atoms with E-state index >= 15 is 0 Å². The predicted molar refractivity (Wildman–Crippen MR) is 80.1 cm³/mol. The second kappa shape index (κ2) is 5.74. The lowest BCUT2D eigenvalue weighted by Crippen LogP contribution is -2.43. The van der Waals surface area contributed by atoms with Crippen LogP contribution in [-0.2, 0) is 16.6 Å². The fraction of sp³-hybridized carbons (Fsp3) is 0.733. The molecule has 2 N–H and O–H groups in total. The van der Waals surface area contributed by atoms with Gasteiger partial charge in [-0.2, -0.15) is 4.31 Å². The zero-order chi connectivity index (χ0) is 14.9. The summed E-state index contributed by atoms with van der Waals surface area (Å²) in [5.41, 5.74) is 5.87. The summed E-state index contributed by atoms with van der Waals surface area (Å²) in [5.74, 6) is 0.509. The molecular formula is C15H24N2O3S. The van der Waals surface area contributed by atoms with Crippen LogP contribution in [-0.4, -0.2) is 25.8 Å². The highest BCUT2D eigenvalue weighted by Gasteiger charge is 2.39. The number of hydrogen-bond acceptors (Lipinski definition) is 4. The van der Waals surface area contributed by atoms with Crippen molar-refractivity contribution in [2.24, 2.45) is 11.1 Å². The Labute approximate surface area is 126 Å². The van der Waals surface area contributed by atoms with E-state index in [0.29, 0.717) is 24.3 Å². The van der Waals surface area contributed by atoms with Crippen molar-refractivity contribution in [3.8, 4) is 0 Å². The van der Waals surface area contributed by atoms with Gasteiger partial charge in [-0.15, -0.1) is 0 Å². The summed E-state index contributed by atoms with van der Waals surface area (Å²) in [6, 6.07) is 3.15. The van der Waals surface area contributed by atoms with Gasteiger partial charge in [-0.1, -0.05) is 19.3 Å². The van der Waals surface area contributed by atoms with Crippen LogP contribution in [0.5, 0.6) is 0 Å². The summed E-state index contributed by atoms with van der Waals surface area (Å²) >= 11 is 0. The molecular weight excluding hydrogens is 288 g/mol. The van der Waals surface area contributed by atoms with Crippen molar-refractivity contribution in [2.45, 2.75) is 56.6 Å². The summed E-state index contributed by atoms with van der Waals surface area (Å²) in [5, 5.41) is 0.0301. The van der Waals surface area contributed by atoms with Gasteiger partial charge in [0.15, 0.2) is 0 Å². The molecule has 1 saturated heterocycles. The monoisotopic (exact) mass is 312 g/mol. The van der Waals surface area contributed by atoms with Gasteiger partial charge in [0, 0.05) is 13.1 Å². The number of rotatable bonds is 3. The highest BCUT2D eigenvalue weighted by molar-refractivity contribution is 7.89. The Morgan fingerprint density at radius 2 is 1.76 bits per heavy atom. The molecule has 0 aromatic carbocycles. The third-order valence-corrected chi connectivity index (χ3v) is 6.90. The minimum absolute atomic E-state index is 0.0301. The first-order chi connectivity index (χ1) is 10.1. The number of hydrogen-bond donors (Lipinski definition) is 1. The molecule has 6 heteroatoms. The Bertz CT molecular complexity index is 578. The number of piperidine rings is 1. The molecule has 1 aliphatic carbocycles. The van der Waals surface area contributed by atoms with E-state index in [-0.39, 0.29) is 11.6 Å². The lowest BCUT2D eigenvalue weighted by Gasteiger charge is -2.43. The molecule has 5 nitrogen and oxygen atoms in total. The molecule has 0 unspecified atom stereocenters. The van der Waals surface area contributed by atoms with Gasteiger partial charge in [-0.05, 0) is 43.2 Å². The fourth-order valence-electron chi connectivity index (χ4n) is 3.74. The minimum Gasteiger partial charge on any atom is -0.447 e. The first kappa shape index (κ1) is 15.1. The Hall–Kier alpha value is -0.850. The van der Waals surface area contributed by atoms with Crippen LogP contribution >= 0.6 is 0 Å². The first-order valence-corrected chi connectivity index (χ1v) is 9.29. The Kier molecular flexibility index (Phi) is 4.12. The van der Waals surface area contributed by atoms with Crippen LogP contribution in [0.3, 0.4) is 0 Å². The average Bonchev–Trinajstić information content (AvgIpc) is 2.98. The standard InChI is InChI=1S/C15H24N2O3S/c16-12-13-4-5-14(20-13)21(18,19)17-10-8-15(9-11-17)6-2-1-3-7-15/h4-5H,1-3,6-12,16H2. The third kappa shape index (κ3) is 2.89. The molecule has 2 aliphatic rings. The van der Waals surface area contributed by atoms with Gasteiger partial charge >= 0.3 is 0 Å². The lowest BCUT2D eigenvalue weighted by atomic mass is 9.68. The van der Waals surface area contributed by atoms with Crippen LogP contribution < -0.4 is 5.73 Å². The normalized spacial score (nSPS) is 23.5. The second-order valence-electron chi connectivity index (χ2n) is 6.39. The number of nitrogens with two attached hydrogens (primary N) is 1. The maximum Gasteiger partial charge on any atom is 0.276 e. The number of sulfonamides is 1. The molecule has 2 heterocycles. The van der Waals surface area contributed by atoms with E-state index in [1.165, 1.54) is 38.2 Å². The van der Waals surface area contributed by atoms with Crippen LogP contribution in [0.1, 0.15) is 50.7 Å². The summed E-state index contributed by atoms with van der Waals surface area (Å²) in [6.45, 7) is 1.45. The second-order valence-corrected chi connectivity index (χ2v) is 8.26. The van der Waals surface area contributed by atoms with Gasteiger partial charge in [0.2, 0.25) is 5.09 Å². The predicted octanol–water partition coefficient (Wildman–Crippen LogP) is 2.47. The topological polar surface area (TPSA) is 76.5 Å². The summed E-state index contributed by atoms with van der Waals surface area (Å²) < 4.78 is 32.1. The highest BCUT2D eigenvalue weighted by Crippen LogP contribution is 2.45. The van der Waals surface area contributed by atoms with Gasteiger partial charge in [0.1, 0.15) is 5.76 Å². The number of furan rings is 1. The van der Waals surface area contributed by atoms with E-state index in [9.17, 15) is 8.42 Å². The Balaban J connectivity index is 1.70. The molecule has 1 aromatic rings. The van der Waals surface area contributed by atoms with Gasteiger partial charge in [-0.25, -0.2) is 8.42 Å². The molecule has 0 amide bonds. The van der Waals surface area contributed by atoms with Gasteiger partial charge < -0.3 is 10.2 Å². The lowest BCUT2D eigenvalue weighted by molar-refractivity contribution is 0.102. The zero-order valence-corrected chi connectivity index (χ0v) is 13.2. The van der Waals surface area contributed by atoms with Crippen molar-refractivity contribution < 1.29 is 12.8 Å². The van der Waals surface area contributed by atoms with Crippen LogP contribution in [0.25, 0.3) is 0 Å². The Morgan fingerprint density at radius 1 is 1.10 bits per heavy atom. The van der Waals surface area contributed by atoms with Crippen molar-refractivity contribution in [1.82, 2.24) is 4.31 Å². The largest absolute Gasteiger partial charge is 0.447 e. The molecule has 21 heavy (non-hydrogen) atoms. The van der Waals surface area contributed by atoms with E-state index in [0.717, 1.165) is 12.8 Å². The molecule has 3 rings (SSSR count). The third-order valence-electron chi connectivity index (χ3n) is 5.13. The maximum absolute atomic E-state index is 12.6. The van der Waals surface area contributed by atoms with Crippen molar-refractivity contribution >= 4 is 10.0 Å². The molecule has 2 fully saturated rings. The number of nitrogens with zero attached hydrogens (tertiary/aromatic N) is 1. The van der Waals surface area contributed by atoms with E-state index in [2.05, 4.69) is 0 Å². The molecule has 1 aliphatic heterocycles. The molecule has 118 valence electrons. The molecule has 1 spiro atoms. The van der Waals surface area contributed by atoms with E-state index in [1.807, 2.05) is 0 Å².